The maximum absolute atomic E-state index is 12.3. The van der Waals surface area contributed by atoms with Gasteiger partial charge in [-0.2, -0.15) is 79.0 Å². The van der Waals surface area contributed by atoms with E-state index in [9.17, 15) is 88.6 Å². The molecule has 0 atom stereocenters. The third-order valence-electron chi connectivity index (χ3n) is 4.29. The molecule has 0 unspecified atom stereocenters. The maximum Gasteiger partial charge on any atom is 0.510 e. The topological polar surface area (TPSA) is 82.1 Å². The summed E-state index contributed by atoms with van der Waals surface area (Å²) >= 11 is 0. The molecule has 0 amide bonds. The predicted molar refractivity (Wildman–Crippen MR) is 103 cm³/mol. The normalized spacial score (nSPS) is 14.5. The molecule has 0 aromatic rings. The first kappa shape index (κ1) is 44.9. The molecular formula is C19H22F18O6. The average molecular weight is 688 g/mol. The first-order valence-electron chi connectivity index (χ1n) is 10.3. The summed E-state index contributed by atoms with van der Waals surface area (Å²) in [4.78, 5) is 21.1. The molecule has 0 rings (SSSR count). The number of hydrogen-bond donors (Lipinski definition) is 1. The molecule has 0 saturated carbocycles. The van der Waals surface area contributed by atoms with Crippen LogP contribution in [0.15, 0.2) is 0 Å². The number of alkyl halides is 18. The minimum Gasteiger partial charge on any atom is -0.440 e. The molecule has 0 fully saturated rings. The Morgan fingerprint density at radius 2 is 0.674 bits per heavy atom. The van der Waals surface area contributed by atoms with E-state index >= 15 is 0 Å². The van der Waals surface area contributed by atoms with Gasteiger partial charge in [-0.3, -0.25) is 4.79 Å². The van der Waals surface area contributed by atoms with Gasteiger partial charge in [-0.15, -0.1) is 0 Å². The quantitative estimate of drug-likeness (QED) is 0.233. The van der Waals surface area contributed by atoms with Crippen LogP contribution in [0.4, 0.5) is 83.8 Å². The minimum absolute atomic E-state index is 0.242. The average Bonchev–Trinajstić information content (AvgIpc) is 2.61. The number of hydrogen-bond acceptors (Lipinski definition) is 6. The Labute approximate surface area is 229 Å². The number of esters is 1. The number of carbonyl (C=O) groups is 2. The van der Waals surface area contributed by atoms with Crippen LogP contribution >= 0.6 is 0 Å². The number of ether oxygens (including phenoxy) is 3. The van der Waals surface area contributed by atoms with E-state index in [0.717, 1.165) is 0 Å². The fourth-order valence-electron chi connectivity index (χ4n) is 1.44. The van der Waals surface area contributed by atoms with Crippen molar-refractivity contribution < 1.29 is 108 Å². The van der Waals surface area contributed by atoms with Crippen molar-refractivity contribution in [1.82, 2.24) is 0 Å². The second-order valence-corrected chi connectivity index (χ2v) is 9.29. The van der Waals surface area contributed by atoms with Crippen molar-refractivity contribution in [3.63, 3.8) is 0 Å². The summed E-state index contributed by atoms with van der Waals surface area (Å²) in [5.74, 6) is -1.65. The lowest BCUT2D eigenvalue weighted by Gasteiger charge is -2.33. The summed E-state index contributed by atoms with van der Waals surface area (Å²) in [5.41, 5.74) is -15.0. The van der Waals surface area contributed by atoms with E-state index in [-0.39, 0.29) is 20.8 Å². The number of aliphatic hydroxyl groups is 1. The van der Waals surface area contributed by atoms with Gasteiger partial charge in [0.2, 0.25) is 0 Å². The van der Waals surface area contributed by atoms with E-state index in [1.54, 1.807) is 0 Å². The highest BCUT2D eigenvalue weighted by Gasteiger charge is 2.72. The molecule has 0 spiro atoms. The Bertz CT molecular complexity index is 870. The Balaban J connectivity index is -0.000000576. The highest BCUT2D eigenvalue weighted by Crippen LogP contribution is 2.47. The van der Waals surface area contributed by atoms with Crippen molar-refractivity contribution >= 4 is 12.1 Å². The molecular weight excluding hydrogens is 666 g/mol. The van der Waals surface area contributed by atoms with Crippen molar-refractivity contribution in [2.24, 2.45) is 0 Å². The van der Waals surface area contributed by atoms with Crippen molar-refractivity contribution in [2.45, 2.75) is 108 Å². The fraction of sp³-hybridized carbons (Fsp3) is 0.895. The van der Waals surface area contributed by atoms with E-state index in [1.165, 1.54) is 20.8 Å². The van der Waals surface area contributed by atoms with Gasteiger partial charge in [0.25, 0.3) is 11.2 Å². The first-order valence-corrected chi connectivity index (χ1v) is 10.3. The molecule has 260 valence electrons. The highest BCUT2D eigenvalue weighted by molar-refractivity contribution is 5.66. The molecule has 0 aliphatic carbocycles. The molecule has 0 radical (unpaired) electrons. The molecule has 0 aliphatic heterocycles. The zero-order chi connectivity index (χ0) is 36.3. The van der Waals surface area contributed by atoms with E-state index in [4.69, 9.17) is 5.11 Å². The summed E-state index contributed by atoms with van der Waals surface area (Å²) in [6.45, 7) is 3.42. The highest BCUT2D eigenvalue weighted by atomic mass is 19.4. The second kappa shape index (κ2) is 13.2. The summed E-state index contributed by atoms with van der Waals surface area (Å²) < 4.78 is 225. The SMILES string of the molecule is CC(=O)OC(C)(C(F)(F)F)C(F)(F)F.CC(C)(C)OC(=O)OC(C)(C(F)(F)F)C(F)(F)F.CC(O)(C(F)(F)F)C(F)(F)F. The Kier molecular flexibility index (Phi) is 13.8. The molecule has 0 bridgehead atoms. The molecule has 1 N–H and O–H groups in total. The molecule has 0 aromatic heterocycles. The van der Waals surface area contributed by atoms with Crippen LogP contribution in [0.5, 0.6) is 0 Å². The van der Waals surface area contributed by atoms with Crippen molar-refractivity contribution in [2.75, 3.05) is 0 Å². The molecule has 24 heteroatoms. The van der Waals surface area contributed by atoms with Crippen LogP contribution in [0.25, 0.3) is 0 Å². The van der Waals surface area contributed by atoms with Gasteiger partial charge in [0.1, 0.15) is 5.60 Å². The zero-order valence-corrected chi connectivity index (χ0v) is 22.3. The minimum atomic E-state index is -5.80. The predicted octanol–water partition coefficient (Wildman–Crippen LogP) is 8.12. The van der Waals surface area contributed by atoms with Crippen LogP contribution in [0.1, 0.15) is 48.5 Å². The smallest absolute Gasteiger partial charge is 0.440 e. The molecule has 43 heavy (non-hydrogen) atoms. The summed E-state index contributed by atoms with van der Waals surface area (Å²) in [6.07, 6.45) is -36.4. The van der Waals surface area contributed by atoms with Gasteiger partial charge in [0, 0.05) is 6.92 Å². The van der Waals surface area contributed by atoms with Crippen LogP contribution in [0.2, 0.25) is 0 Å². The number of carbonyl (C=O) groups excluding carboxylic acids is 2. The lowest BCUT2D eigenvalue weighted by molar-refractivity contribution is -0.362. The van der Waals surface area contributed by atoms with Gasteiger partial charge in [-0.1, -0.05) is 0 Å². The maximum atomic E-state index is 12.3. The Morgan fingerprint density at radius 3 is 0.791 bits per heavy atom. The van der Waals surface area contributed by atoms with Crippen molar-refractivity contribution in [3.05, 3.63) is 0 Å². The van der Waals surface area contributed by atoms with Crippen LogP contribution in [-0.2, 0) is 19.0 Å². The standard InChI is InChI=1S/C9H12F6O3.C6H6F6O2.C4H4F6O/c1-6(2,3)17-5(16)18-7(4,8(10,11)12)9(13,14)15;1-3(13)14-4(2,5(7,8)9)6(10,11)12;1-2(11,3(5,6)7)4(8,9)10/h1-4H3;1-2H3;11H,1H3. The van der Waals surface area contributed by atoms with E-state index in [1.807, 2.05) is 0 Å². The number of halogens is 18. The van der Waals surface area contributed by atoms with Crippen LogP contribution in [-0.4, -0.2) is 76.7 Å². The van der Waals surface area contributed by atoms with Gasteiger partial charge in [-0.25, -0.2) is 4.79 Å². The van der Waals surface area contributed by atoms with Gasteiger partial charge in [0.15, 0.2) is 0 Å². The van der Waals surface area contributed by atoms with Gasteiger partial charge in [-0.05, 0) is 41.5 Å². The first-order chi connectivity index (χ1) is 18.0. The number of rotatable bonds is 2. The summed E-state index contributed by atoms with van der Waals surface area (Å²) in [6, 6.07) is 0. The van der Waals surface area contributed by atoms with Gasteiger partial charge >= 0.3 is 54.8 Å². The van der Waals surface area contributed by atoms with Gasteiger partial charge < -0.3 is 19.3 Å². The van der Waals surface area contributed by atoms with Crippen LogP contribution in [0.3, 0.4) is 0 Å². The molecule has 0 heterocycles. The summed E-state index contributed by atoms with van der Waals surface area (Å²) in [5, 5.41) is 7.94. The molecule has 0 aromatic carbocycles. The van der Waals surface area contributed by atoms with E-state index in [2.05, 4.69) is 14.2 Å². The monoisotopic (exact) mass is 688 g/mol. The van der Waals surface area contributed by atoms with Crippen molar-refractivity contribution in [1.29, 1.82) is 0 Å². The second-order valence-electron chi connectivity index (χ2n) is 9.29. The third-order valence-corrected chi connectivity index (χ3v) is 4.29. The van der Waals surface area contributed by atoms with E-state index in [0.29, 0.717) is 6.92 Å². The third kappa shape index (κ3) is 12.5. The molecule has 0 aliphatic rings. The largest absolute Gasteiger partial charge is 0.510 e. The lowest BCUT2D eigenvalue weighted by Crippen LogP contribution is -2.57. The van der Waals surface area contributed by atoms with Crippen LogP contribution < -0.4 is 0 Å². The molecule has 0 saturated heterocycles. The zero-order valence-electron chi connectivity index (χ0n) is 22.3. The fourth-order valence-corrected chi connectivity index (χ4v) is 1.44. The lowest BCUT2D eigenvalue weighted by atomic mass is 10.1. The summed E-state index contributed by atoms with van der Waals surface area (Å²) in [7, 11) is 0. The Morgan fingerprint density at radius 1 is 0.442 bits per heavy atom. The van der Waals surface area contributed by atoms with Crippen LogP contribution in [0, 0.1) is 0 Å². The van der Waals surface area contributed by atoms with Gasteiger partial charge in [0.05, 0.1) is 0 Å². The van der Waals surface area contributed by atoms with Crippen molar-refractivity contribution in [3.8, 4) is 0 Å². The molecule has 6 nitrogen and oxygen atoms in total. The Hall–Kier alpha value is -2.56. The van der Waals surface area contributed by atoms with E-state index < -0.39 is 71.6 Å².